The average Bonchev–Trinajstić information content (AvgIpc) is 2.42. The summed E-state index contributed by atoms with van der Waals surface area (Å²) in [6, 6.07) is 3.93. The summed E-state index contributed by atoms with van der Waals surface area (Å²) < 4.78 is 0. The molecule has 1 aromatic carbocycles. The summed E-state index contributed by atoms with van der Waals surface area (Å²) in [6.07, 6.45) is 2.27. The maximum atomic E-state index is 11.9. The zero-order chi connectivity index (χ0) is 14.5. The molecule has 0 radical (unpaired) electrons. The Labute approximate surface area is 116 Å². The Kier molecular flexibility index (Phi) is 4.52. The van der Waals surface area contributed by atoms with Crippen LogP contribution in [0.2, 0.25) is 0 Å². The van der Waals surface area contributed by atoms with Gasteiger partial charge in [0, 0.05) is 12.5 Å². The zero-order valence-corrected chi connectivity index (χ0v) is 11.0. The van der Waals surface area contributed by atoms with Crippen molar-refractivity contribution in [2.24, 2.45) is 5.92 Å². The van der Waals surface area contributed by atoms with Gasteiger partial charge in [0.25, 0.3) is 5.69 Å². The van der Waals surface area contributed by atoms with Crippen molar-refractivity contribution in [3.63, 3.8) is 0 Å². The number of carbonyl (C=O) groups is 1. The highest BCUT2D eigenvalue weighted by atomic mass is 16.6. The second-order valence-corrected chi connectivity index (χ2v) is 4.89. The van der Waals surface area contributed by atoms with Crippen LogP contribution in [-0.4, -0.2) is 29.0 Å². The summed E-state index contributed by atoms with van der Waals surface area (Å²) in [6.45, 7) is 1.74. The first-order valence-electron chi connectivity index (χ1n) is 6.55. The van der Waals surface area contributed by atoms with Crippen LogP contribution in [0.3, 0.4) is 0 Å². The number of hydrogen-bond acceptors (Lipinski definition) is 5. The Balaban J connectivity index is 2.05. The van der Waals surface area contributed by atoms with Crippen LogP contribution in [0.25, 0.3) is 0 Å². The normalized spacial score (nSPS) is 18.5. The third-order valence-electron chi connectivity index (χ3n) is 3.35. The summed E-state index contributed by atoms with van der Waals surface area (Å²) in [7, 11) is 0. The minimum Gasteiger partial charge on any atom is -0.505 e. The molecule has 0 aliphatic carbocycles. The number of piperidine rings is 1. The number of benzene rings is 1. The second kappa shape index (κ2) is 6.33. The molecule has 3 N–H and O–H groups in total. The van der Waals surface area contributed by atoms with Gasteiger partial charge in [-0.3, -0.25) is 14.9 Å². The Morgan fingerprint density at radius 2 is 2.35 bits per heavy atom. The highest BCUT2D eigenvalue weighted by Gasteiger charge is 2.22. The quantitative estimate of drug-likeness (QED) is 0.441. The third kappa shape index (κ3) is 3.45. The van der Waals surface area contributed by atoms with Crippen molar-refractivity contribution < 1.29 is 14.8 Å². The number of rotatable bonds is 4. The Hall–Kier alpha value is -2.15. The molecule has 1 fully saturated rings. The van der Waals surface area contributed by atoms with E-state index in [1.807, 2.05) is 0 Å². The number of aromatic hydroxyl groups is 1. The maximum absolute atomic E-state index is 11.9. The predicted octanol–water partition coefficient (Wildman–Crippen LogP) is 1.63. The lowest BCUT2D eigenvalue weighted by molar-refractivity contribution is -0.384. The predicted molar refractivity (Wildman–Crippen MR) is 73.6 cm³/mol. The molecule has 108 valence electrons. The van der Waals surface area contributed by atoms with Gasteiger partial charge >= 0.3 is 0 Å². The molecule has 0 aromatic heterocycles. The number of hydrogen-bond donors (Lipinski definition) is 3. The first kappa shape index (κ1) is 14.3. The van der Waals surface area contributed by atoms with E-state index in [0.717, 1.165) is 25.9 Å². The van der Waals surface area contributed by atoms with Gasteiger partial charge in [0.15, 0.2) is 5.69 Å². The van der Waals surface area contributed by atoms with Crippen molar-refractivity contribution >= 4 is 17.3 Å². The minimum atomic E-state index is -0.627. The number of para-hydroxylation sites is 1. The SMILES string of the molecule is O=C(CC1CCCNC1)Nc1c(O)cccc1[N+](=O)[O-]. The molecular weight excluding hydrogens is 262 g/mol. The summed E-state index contributed by atoms with van der Waals surface area (Å²) >= 11 is 0. The van der Waals surface area contributed by atoms with Crippen molar-refractivity contribution in [2.45, 2.75) is 19.3 Å². The lowest BCUT2D eigenvalue weighted by Crippen LogP contribution is -2.32. The van der Waals surface area contributed by atoms with Crippen molar-refractivity contribution in [3.8, 4) is 5.75 Å². The molecule has 1 aliphatic heterocycles. The Morgan fingerprint density at radius 3 is 3.00 bits per heavy atom. The van der Waals surface area contributed by atoms with Crippen LogP contribution in [0, 0.1) is 16.0 Å². The molecule has 7 heteroatoms. The van der Waals surface area contributed by atoms with Gasteiger partial charge in [0.2, 0.25) is 5.91 Å². The standard InChI is InChI=1S/C13H17N3O4/c17-11-5-1-4-10(16(19)20)13(11)15-12(18)7-9-3-2-6-14-8-9/h1,4-5,9,14,17H,2-3,6-8H2,(H,15,18). The number of carbonyl (C=O) groups excluding carboxylic acids is 1. The fourth-order valence-electron chi connectivity index (χ4n) is 2.36. The molecule has 1 amide bonds. The zero-order valence-electron chi connectivity index (χ0n) is 11.0. The smallest absolute Gasteiger partial charge is 0.296 e. The van der Waals surface area contributed by atoms with Crippen LogP contribution in [-0.2, 0) is 4.79 Å². The lowest BCUT2D eigenvalue weighted by atomic mass is 9.96. The van der Waals surface area contributed by atoms with E-state index in [0.29, 0.717) is 6.42 Å². The minimum absolute atomic E-state index is 0.133. The van der Waals surface area contributed by atoms with Gasteiger partial charge in [-0.25, -0.2) is 0 Å². The molecule has 1 saturated heterocycles. The molecule has 1 aliphatic rings. The largest absolute Gasteiger partial charge is 0.505 e. The van der Waals surface area contributed by atoms with Crippen LogP contribution < -0.4 is 10.6 Å². The van der Waals surface area contributed by atoms with Crippen molar-refractivity contribution in [3.05, 3.63) is 28.3 Å². The second-order valence-electron chi connectivity index (χ2n) is 4.89. The van der Waals surface area contributed by atoms with Gasteiger partial charge in [0.1, 0.15) is 5.75 Å². The average molecular weight is 279 g/mol. The third-order valence-corrected chi connectivity index (χ3v) is 3.35. The first-order chi connectivity index (χ1) is 9.58. The number of phenols is 1. The van der Waals surface area contributed by atoms with Gasteiger partial charge in [-0.2, -0.15) is 0 Å². The number of nitro groups is 1. The molecule has 2 rings (SSSR count). The first-order valence-corrected chi connectivity index (χ1v) is 6.55. The van der Waals surface area contributed by atoms with Gasteiger partial charge in [-0.05, 0) is 37.9 Å². The highest BCUT2D eigenvalue weighted by molar-refractivity contribution is 5.95. The topological polar surface area (TPSA) is 104 Å². The maximum Gasteiger partial charge on any atom is 0.296 e. The molecule has 1 atom stereocenters. The van der Waals surface area contributed by atoms with E-state index >= 15 is 0 Å². The van der Waals surface area contributed by atoms with Crippen molar-refractivity contribution in [1.29, 1.82) is 0 Å². The van der Waals surface area contributed by atoms with Crippen LogP contribution in [0.4, 0.5) is 11.4 Å². The van der Waals surface area contributed by atoms with E-state index in [1.165, 1.54) is 18.2 Å². The molecule has 7 nitrogen and oxygen atoms in total. The van der Waals surface area contributed by atoms with E-state index in [1.54, 1.807) is 0 Å². The molecule has 0 spiro atoms. The monoisotopic (exact) mass is 279 g/mol. The molecule has 0 saturated carbocycles. The van der Waals surface area contributed by atoms with Crippen LogP contribution in [0.5, 0.6) is 5.75 Å². The van der Waals surface area contributed by atoms with Gasteiger partial charge < -0.3 is 15.7 Å². The van der Waals surface area contributed by atoms with E-state index in [2.05, 4.69) is 10.6 Å². The highest BCUT2D eigenvalue weighted by Crippen LogP contribution is 2.33. The Morgan fingerprint density at radius 1 is 1.55 bits per heavy atom. The number of phenolic OH excluding ortho intramolecular Hbond substituents is 1. The molecule has 0 bridgehead atoms. The van der Waals surface area contributed by atoms with Crippen molar-refractivity contribution in [1.82, 2.24) is 5.32 Å². The van der Waals surface area contributed by atoms with Crippen LogP contribution in [0.15, 0.2) is 18.2 Å². The fraction of sp³-hybridized carbons (Fsp3) is 0.462. The van der Waals surface area contributed by atoms with E-state index in [-0.39, 0.29) is 28.9 Å². The summed E-state index contributed by atoms with van der Waals surface area (Å²) in [5.74, 6) is -0.383. The summed E-state index contributed by atoms with van der Waals surface area (Å²) in [5.41, 5.74) is -0.439. The number of amides is 1. The number of nitro benzene ring substituents is 1. The van der Waals surface area contributed by atoms with E-state index in [4.69, 9.17) is 0 Å². The van der Waals surface area contributed by atoms with E-state index < -0.39 is 4.92 Å². The van der Waals surface area contributed by atoms with E-state index in [9.17, 15) is 20.0 Å². The van der Waals surface area contributed by atoms with Crippen LogP contribution in [0.1, 0.15) is 19.3 Å². The fourth-order valence-corrected chi connectivity index (χ4v) is 2.36. The van der Waals surface area contributed by atoms with Gasteiger partial charge in [-0.15, -0.1) is 0 Å². The lowest BCUT2D eigenvalue weighted by Gasteiger charge is -2.22. The molecular formula is C13H17N3O4. The number of anilines is 1. The van der Waals surface area contributed by atoms with Gasteiger partial charge in [0.05, 0.1) is 4.92 Å². The molecule has 1 unspecified atom stereocenters. The molecule has 1 aromatic rings. The van der Waals surface area contributed by atoms with Gasteiger partial charge in [-0.1, -0.05) is 6.07 Å². The summed E-state index contributed by atoms with van der Waals surface area (Å²) in [5, 5.41) is 26.2. The molecule has 1 heterocycles. The van der Waals surface area contributed by atoms with Crippen molar-refractivity contribution in [2.75, 3.05) is 18.4 Å². The number of nitrogens with zero attached hydrogens (tertiary/aromatic N) is 1. The molecule has 20 heavy (non-hydrogen) atoms. The number of nitrogens with one attached hydrogen (secondary N) is 2. The summed E-state index contributed by atoms with van der Waals surface area (Å²) in [4.78, 5) is 22.2. The Bertz CT molecular complexity index is 512. The van der Waals surface area contributed by atoms with Crippen LogP contribution >= 0.6 is 0 Å².